The van der Waals surface area contributed by atoms with Gasteiger partial charge in [-0.2, -0.15) is 0 Å². The number of para-hydroxylation sites is 1. The standard InChI is InChI=1S/C49H60N14O8/c50-43(66)38(24-31-26-56-34-15-8-7-14-33(31)34)61-46(69)37-19-21-54-41(64)18-17-36(58-42(65)23-30-12-5-2-6-13-30)45(68)63-40(25-32-27-53-28-57-32)48(71)62-39(22-29-10-3-1-4-11-29)47(70)59-35(44(67)60-37)16-9-20-55-49(51)52/h1-8,10-15,26-28,35-40,56H,9,16-25H2,(H2,50,66)(H,53,57)(H,54,64)(H,58,65)(H,59,70)(H,60,67)(H,61,69)(H,62,71)(H,63,68)(H4,51,52,55)/t35-,36-,37?,38-,39+,40-/m0/s1. The minimum Gasteiger partial charge on any atom is -0.370 e. The first-order valence-electron chi connectivity index (χ1n) is 23.2. The molecule has 1 unspecified atom stereocenters. The van der Waals surface area contributed by atoms with Crippen molar-refractivity contribution in [2.24, 2.45) is 22.2 Å². The number of amides is 8. The van der Waals surface area contributed by atoms with E-state index in [1.165, 1.54) is 12.5 Å². The van der Waals surface area contributed by atoms with Crippen LogP contribution in [-0.2, 0) is 64.0 Å². The van der Waals surface area contributed by atoms with Gasteiger partial charge >= 0.3 is 0 Å². The molecule has 0 radical (unpaired) electrons. The largest absolute Gasteiger partial charge is 0.370 e. The third-order valence-electron chi connectivity index (χ3n) is 11.8. The van der Waals surface area contributed by atoms with Gasteiger partial charge in [0.25, 0.3) is 0 Å². The van der Waals surface area contributed by atoms with Crippen molar-refractivity contribution in [2.75, 3.05) is 13.1 Å². The van der Waals surface area contributed by atoms with Crippen molar-refractivity contribution >= 4 is 64.1 Å². The lowest BCUT2D eigenvalue weighted by atomic mass is 10.0. The van der Waals surface area contributed by atoms with Gasteiger partial charge < -0.3 is 64.4 Å². The predicted molar refractivity (Wildman–Crippen MR) is 262 cm³/mol. The van der Waals surface area contributed by atoms with Gasteiger partial charge in [-0.3, -0.25) is 43.3 Å². The Morgan fingerprint density at radius 2 is 1.38 bits per heavy atom. The molecular formula is C49H60N14O8. The molecule has 1 fully saturated rings. The second-order valence-corrected chi connectivity index (χ2v) is 17.2. The van der Waals surface area contributed by atoms with Crippen LogP contribution >= 0.6 is 0 Å². The normalized spacial score (nSPS) is 20.0. The number of aromatic nitrogens is 3. The molecule has 5 aromatic rings. The maximum Gasteiger partial charge on any atom is 0.243 e. The molecule has 3 heterocycles. The molecule has 8 amide bonds. The molecule has 374 valence electrons. The number of carbonyl (C=O) groups excluding carboxylic acids is 8. The second-order valence-electron chi connectivity index (χ2n) is 17.2. The molecule has 6 rings (SSSR count). The molecule has 0 spiro atoms. The smallest absolute Gasteiger partial charge is 0.243 e. The number of aliphatic imine (C=N–C) groups is 1. The van der Waals surface area contributed by atoms with E-state index < -0.39 is 83.5 Å². The number of imidazole rings is 1. The first kappa shape index (κ1) is 51.8. The fraction of sp³-hybridized carbons (Fsp3) is 0.347. The number of fused-ring (bicyclic) bond motifs is 1. The summed E-state index contributed by atoms with van der Waals surface area (Å²) in [6.45, 7) is -0.123. The van der Waals surface area contributed by atoms with Crippen molar-refractivity contribution in [3.05, 3.63) is 126 Å². The Morgan fingerprint density at radius 3 is 2.07 bits per heavy atom. The topological polar surface area (TPSA) is 356 Å². The number of nitrogens with two attached hydrogens (primary N) is 3. The molecular weight excluding hydrogens is 913 g/mol. The average molecular weight is 973 g/mol. The quantitative estimate of drug-likeness (QED) is 0.0320. The van der Waals surface area contributed by atoms with Crippen LogP contribution < -0.4 is 54.4 Å². The lowest BCUT2D eigenvalue weighted by Crippen LogP contribution is -2.60. The monoisotopic (exact) mass is 972 g/mol. The summed E-state index contributed by atoms with van der Waals surface area (Å²) in [5, 5.41) is 19.8. The zero-order chi connectivity index (χ0) is 50.7. The van der Waals surface area contributed by atoms with E-state index in [0.29, 0.717) is 22.4 Å². The second kappa shape index (κ2) is 25.7. The minimum atomic E-state index is -1.41. The zero-order valence-electron chi connectivity index (χ0n) is 38.9. The third-order valence-corrected chi connectivity index (χ3v) is 11.8. The number of primary amides is 1. The lowest BCUT2D eigenvalue weighted by molar-refractivity contribution is -0.135. The SMILES string of the molecule is NC(=O)[C@H](Cc1c[nH]c2ccccc12)NC(=O)C1CCNC(=O)CC[C@H](NC(=O)Cc2ccccc2)C(=O)N[C@@H](Cc2cnc[nH]2)C(=O)N[C@H](Cc2ccccc2)C(=O)N[C@@H](CCCN=C(N)N)C(=O)N1. The van der Waals surface area contributed by atoms with Crippen molar-refractivity contribution in [1.82, 2.24) is 52.2 Å². The molecule has 22 heteroatoms. The van der Waals surface area contributed by atoms with E-state index in [2.05, 4.69) is 57.2 Å². The van der Waals surface area contributed by atoms with Crippen LogP contribution in [0, 0.1) is 0 Å². The molecule has 2 aromatic heterocycles. The zero-order valence-corrected chi connectivity index (χ0v) is 38.9. The first-order valence-corrected chi connectivity index (χ1v) is 23.2. The van der Waals surface area contributed by atoms with Crippen LogP contribution in [0.25, 0.3) is 10.9 Å². The van der Waals surface area contributed by atoms with Crippen LogP contribution in [0.3, 0.4) is 0 Å². The van der Waals surface area contributed by atoms with E-state index in [4.69, 9.17) is 17.2 Å². The summed E-state index contributed by atoms with van der Waals surface area (Å²) >= 11 is 0. The summed E-state index contributed by atoms with van der Waals surface area (Å²) in [4.78, 5) is 126. The summed E-state index contributed by atoms with van der Waals surface area (Å²) in [6.07, 6.45) is 3.68. The highest BCUT2D eigenvalue weighted by atomic mass is 16.2. The molecule has 0 saturated carbocycles. The summed E-state index contributed by atoms with van der Waals surface area (Å²) in [6, 6.07) is 16.9. The number of nitrogens with zero attached hydrogens (tertiary/aromatic N) is 2. The number of aromatic amines is 2. The van der Waals surface area contributed by atoms with E-state index >= 15 is 0 Å². The Kier molecular flexibility index (Phi) is 18.8. The van der Waals surface area contributed by atoms with Gasteiger partial charge in [-0.05, 0) is 48.4 Å². The molecule has 71 heavy (non-hydrogen) atoms. The number of hydrogen-bond acceptors (Lipinski definition) is 10. The molecule has 1 saturated heterocycles. The number of guanidine groups is 1. The van der Waals surface area contributed by atoms with Gasteiger partial charge in [0.1, 0.15) is 36.3 Å². The van der Waals surface area contributed by atoms with Gasteiger partial charge in [-0.25, -0.2) is 4.98 Å². The van der Waals surface area contributed by atoms with E-state index in [9.17, 15) is 38.4 Å². The van der Waals surface area contributed by atoms with Gasteiger partial charge in [0, 0.05) is 67.8 Å². The Morgan fingerprint density at radius 1 is 0.732 bits per heavy atom. The van der Waals surface area contributed by atoms with Crippen molar-refractivity contribution in [3.63, 3.8) is 0 Å². The lowest BCUT2D eigenvalue weighted by Gasteiger charge is -2.27. The third kappa shape index (κ3) is 16.0. The summed E-state index contributed by atoms with van der Waals surface area (Å²) < 4.78 is 0. The van der Waals surface area contributed by atoms with Crippen molar-refractivity contribution < 1.29 is 38.4 Å². The highest BCUT2D eigenvalue weighted by molar-refractivity contribution is 5.98. The van der Waals surface area contributed by atoms with Gasteiger partial charge in [0.2, 0.25) is 47.3 Å². The molecule has 1 aliphatic heterocycles. The summed E-state index contributed by atoms with van der Waals surface area (Å²) in [5.41, 5.74) is 20.2. The van der Waals surface area contributed by atoms with Crippen LogP contribution in [-0.4, -0.2) is 118 Å². The van der Waals surface area contributed by atoms with Crippen LogP contribution in [0.4, 0.5) is 0 Å². The Bertz CT molecular complexity index is 2650. The molecule has 1 aliphatic rings. The van der Waals surface area contributed by atoms with E-state index in [1.807, 2.05) is 24.3 Å². The highest BCUT2D eigenvalue weighted by Crippen LogP contribution is 2.19. The van der Waals surface area contributed by atoms with Crippen LogP contribution in [0.5, 0.6) is 0 Å². The fourth-order valence-corrected chi connectivity index (χ4v) is 8.05. The maximum absolute atomic E-state index is 14.5. The molecule has 6 atom stereocenters. The van der Waals surface area contributed by atoms with Gasteiger partial charge in [-0.15, -0.1) is 0 Å². The molecule has 15 N–H and O–H groups in total. The Hall–Kier alpha value is -8.56. The van der Waals surface area contributed by atoms with Gasteiger partial charge in [-0.1, -0.05) is 78.9 Å². The Balaban J connectivity index is 1.32. The van der Waals surface area contributed by atoms with Crippen LogP contribution in [0.15, 0.2) is 109 Å². The number of nitrogens with one attached hydrogen (secondary N) is 9. The van der Waals surface area contributed by atoms with E-state index in [1.54, 1.807) is 66.9 Å². The summed E-state index contributed by atoms with van der Waals surface area (Å²) in [5.74, 6) is -6.15. The van der Waals surface area contributed by atoms with Crippen molar-refractivity contribution in [2.45, 2.75) is 94.0 Å². The molecule has 3 aromatic carbocycles. The first-order chi connectivity index (χ1) is 34.2. The van der Waals surface area contributed by atoms with Crippen LogP contribution in [0.1, 0.15) is 54.5 Å². The number of H-pyrrole nitrogens is 2. The van der Waals surface area contributed by atoms with E-state index in [0.717, 1.165) is 10.9 Å². The summed E-state index contributed by atoms with van der Waals surface area (Å²) in [7, 11) is 0. The number of carbonyl (C=O) groups is 8. The van der Waals surface area contributed by atoms with Crippen LogP contribution in [0.2, 0.25) is 0 Å². The number of hydrogen-bond donors (Lipinski definition) is 12. The van der Waals surface area contributed by atoms with Gasteiger partial charge in [0.05, 0.1) is 12.7 Å². The van der Waals surface area contributed by atoms with Crippen molar-refractivity contribution in [1.29, 1.82) is 0 Å². The van der Waals surface area contributed by atoms with Gasteiger partial charge in [0.15, 0.2) is 5.96 Å². The molecule has 0 bridgehead atoms. The minimum absolute atomic E-state index is 0.000135. The molecule has 0 aliphatic carbocycles. The average Bonchev–Trinajstić information content (AvgIpc) is 4.03. The Labute approximate surface area is 408 Å². The van der Waals surface area contributed by atoms with E-state index in [-0.39, 0.29) is 76.8 Å². The maximum atomic E-state index is 14.5. The highest BCUT2D eigenvalue weighted by Gasteiger charge is 2.34. The molecule has 22 nitrogen and oxygen atoms in total. The van der Waals surface area contributed by atoms with Crippen molar-refractivity contribution in [3.8, 4) is 0 Å². The number of rotatable bonds is 16. The number of benzene rings is 3. The fourth-order valence-electron chi connectivity index (χ4n) is 8.05. The predicted octanol–water partition coefficient (Wildman–Crippen LogP) is -1.09.